The Kier molecular flexibility index (Phi) is 6.70. The summed E-state index contributed by atoms with van der Waals surface area (Å²) in [7, 11) is 0. The Morgan fingerprint density at radius 3 is 2.57 bits per heavy atom. The minimum Gasteiger partial charge on any atom is -0.352 e. The Bertz CT molecular complexity index is 907. The number of nitrogens with one attached hydrogen (secondary N) is 1. The third-order valence-corrected chi connectivity index (χ3v) is 6.17. The first-order valence-electron chi connectivity index (χ1n) is 10.8. The Morgan fingerprint density at radius 1 is 1.03 bits per heavy atom. The predicted octanol–water partition coefficient (Wildman–Crippen LogP) is 4.10. The smallest absolute Gasteiger partial charge is 0.254 e. The van der Waals surface area contributed by atoms with Gasteiger partial charge in [0.2, 0.25) is 0 Å². The molecule has 0 aromatic heterocycles. The zero-order chi connectivity index (χ0) is 20.9. The molecule has 158 valence electrons. The van der Waals surface area contributed by atoms with Crippen LogP contribution < -0.4 is 5.32 Å². The van der Waals surface area contributed by atoms with Gasteiger partial charge in [-0.3, -0.25) is 9.59 Å². The van der Waals surface area contributed by atoms with Crippen LogP contribution in [0.2, 0.25) is 5.02 Å². The maximum atomic E-state index is 12.8. The third kappa shape index (κ3) is 5.02. The van der Waals surface area contributed by atoms with Crippen LogP contribution in [0.1, 0.15) is 57.5 Å². The molecule has 2 aromatic carbocycles. The van der Waals surface area contributed by atoms with Crippen LogP contribution in [0, 0.1) is 0 Å². The fraction of sp³-hybridized carbons (Fsp3) is 0.417. The quantitative estimate of drug-likeness (QED) is 0.679. The second-order valence-electron chi connectivity index (χ2n) is 8.17. The number of fused-ring (bicyclic) bond motifs is 1. The second kappa shape index (κ2) is 9.63. The first kappa shape index (κ1) is 20.9. The molecule has 0 saturated carbocycles. The predicted molar refractivity (Wildman–Crippen MR) is 119 cm³/mol. The molecule has 30 heavy (non-hydrogen) atoms. The molecule has 2 aromatic rings. The van der Waals surface area contributed by atoms with Crippen molar-refractivity contribution in [3.8, 4) is 0 Å². The molecule has 2 amide bonds. The van der Waals surface area contributed by atoms with Gasteiger partial charge in [-0.05, 0) is 74.3 Å². The van der Waals surface area contributed by atoms with Crippen LogP contribution in [0.3, 0.4) is 0 Å². The van der Waals surface area contributed by atoms with E-state index in [0.717, 1.165) is 24.1 Å². The summed E-state index contributed by atoms with van der Waals surface area (Å²) in [6.07, 6.45) is 4.85. The van der Waals surface area contributed by atoms with Gasteiger partial charge in [0, 0.05) is 35.8 Å². The largest absolute Gasteiger partial charge is 0.352 e. The zero-order valence-electron chi connectivity index (χ0n) is 17.2. The van der Waals surface area contributed by atoms with Gasteiger partial charge in [0.25, 0.3) is 11.8 Å². The number of carbonyl (C=O) groups excluding carboxylic acids is 2. The van der Waals surface area contributed by atoms with Crippen molar-refractivity contribution in [3.05, 3.63) is 69.7 Å². The summed E-state index contributed by atoms with van der Waals surface area (Å²) in [6, 6.07) is 13.0. The minimum atomic E-state index is -0.111. The van der Waals surface area contributed by atoms with E-state index in [2.05, 4.69) is 10.2 Å². The summed E-state index contributed by atoms with van der Waals surface area (Å²) in [5.41, 5.74) is 3.18. The maximum absolute atomic E-state index is 12.8. The SMILES string of the molecule is O=C(NCCCN1CCCCC1)c1ccc2c(c1)C(=O)N(Cc1ccc(Cl)cc1)C2. The maximum Gasteiger partial charge on any atom is 0.254 e. The Balaban J connectivity index is 1.31. The van der Waals surface area contributed by atoms with E-state index in [1.165, 1.54) is 32.4 Å². The lowest BCUT2D eigenvalue weighted by Gasteiger charge is -2.26. The van der Waals surface area contributed by atoms with Gasteiger partial charge in [0.15, 0.2) is 0 Å². The van der Waals surface area contributed by atoms with Gasteiger partial charge in [-0.2, -0.15) is 0 Å². The fourth-order valence-corrected chi connectivity index (χ4v) is 4.36. The van der Waals surface area contributed by atoms with Gasteiger partial charge in [-0.25, -0.2) is 0 Å². The number of nitrogens with zero attached hydrogens (tertiary/aromatic N) is 2. The van der Waals surface area contributed by atoms with Crippen LogP contribution >= 0.6 is 11.6 Å². The highest BCUT2D eigenvalue weighted by atomic mass is 35.5. The Labute approximate surface area is 183 Å². The van der Waals surface area contributed by atoms with E-state index < -0.39 is 0 Å². The molecular weight excluding hydrogens is 398 g/mol. The van der Waals surface area contributed by atoms with E-state index in [9.17, 15) is 9.59 Å². The number of benzene rings is 2. The third-order valence-electron chi connectivity index (χ3n) is 5.92. The van der Waals surface area contributed by atoms with E-state index in [4.69, 9.17) is 11.6 Å². The average molecular weight is 426 g/mol. The lowest BCUT2D eigenvalue weighted by Crippen LogP contribution is -2.33. The number of likely N-dealkylation sites (tertiary alicyclic amines) is 1. The highest BCUT2D eigenvalue weighted by Gasteiger charge is 2.28. The van der Waals surface area contributed by atoms with Crippen LogP contribution in [0.5, 0.6) is 0 Å². The molecule has 0 spiro atoms. The van der Waals surface area contributed by atoms with Crippen molar-refractivity contribution in [1.29, 1.82) is 0 Å². The van der Waals surface area contributed by atoms with Gasteiger partial charge in [0.05, 0.1) is 0 Å². The van der Waals surface area contributed by atoms with Crippen molar-refractivity contribution in [2.24, 2.45) is 0 Å². The fourth-order valence-electron chi connectivity index (χ4n) is 4.23. The molecule has 1 saturated heterocycles. The number of rotatable bonds is 7. The highest BCUT2D eigenvalue weighted by molar-refractivity contribution is 6.30. The summed E-state index contributed by atoms with van der Waals surface area (Å²) in [4.78, 5) is 29.7. The van der Waals surface area contributed by atoms with E-state index in [0.29, 0.717) is 35.8 Å². The monoisotopic (exact) mass is 425 g/mol. The molecule has 1 fully saturated rings. The molecule has 0 atom stereocenters. The topological polar surface area (TPSA) is 52.7 Å². The van der Waals surface area contributed by atoms with Crippen LogP contribution in [-0.4, -0.2) is 47.8 Å². The molecule has 6 heteroatoms. The number of halogens is 1. The van der Waals surface area contributed by atoms with Gasteiger partial charge in [0.1, 0.15) is 0 Å². The summed E-state index contributed by atoms with van der Waals surface area (Å²) in [5.74, 6) is -0.139. The Morgan fingerprint density at radius 2 is 1.80 bits per heavy atom. The second-order valence-corrected chi connectivity index (χ2v) is 8.61. The zero-order valence-corrected chi connectivity index (χ0v) is 18.0. The van der Waals surface area contributed by atoms with Crippen LogP contribution in [0.25, 0.3) is 0 Å². The molecular formula is C24H28ClN3O2. The molecule has 0 aliphatic carbocycles. The molecule has 0 unspecified atom stereocenters. The summed E-state index contributed by atoms with van der Waals surface area (Å²) >= 11 is 5.94. The molecule has 0 bridgehead atoms. The standard InChI is InChI=1S/C24H28ClN3O2/c25-21-9-5-18(6-10-21)16-28-17-20-8-7-19(15-22(20)24(28)30)23(29)26-11-4-14-27-12-2-1-3-13-27/h5-10,15H,1-4,11-14,16-17H2,(H,26,29). The summed E-state index contributed by atoms with van der Waals surface area (Å²) in [6.45, 7) is 5.13. The lowest BCUT2D eigenvalue weighted by atomic mass is 10.1. The molecule has 0 radical (unpaired) electrons. The summed E-state index contributed by atoms with van der Waals surface area (Å²) in [5, 5.41) is 3.68. The number of amides is 2. The van der Waals surface area contributed by atoms with Crippen molar-refractivity contribution in [3.63, 3.8) is 0 Å². The minimum absolute atomic E-state index is 0.0281. The Hall–Kier alpha value is -2.37. The first-order chi connectivity index (χ1) is 14.6. The van der Waals surface area contributed by atoms with Crippen LogP contribution in [0.4, 0.5) is 0 Å². The lowest BCUT2D eigenvalue weighted by molar-refractivity contribution is 0.0766. The average Bonchev–Trinajstić information content (AvgIpc) is 3.08. The van der Waals surface area contributed by atoms with Crippen molar-refractivity contribution >= 4 is 23.4 Å². The normalized spacial score (nSPS) is 16.6. The molecule has 2 heterocycles. The summed E-state index contributed by atoms with van der Waals surface area (Å²) < 4.78 is 0. The molecule has 1 N–H and O–H groups in total. The van der Waals surface area contributed by atoms with E-state index >= 15 is 0 Å². The van der Waals surface area contributed by atoms with Gasteiger partial charge < -0.3 is 15.1 Å². The van der Waals surface area contributed by atoms with Crippen molar-refractivity contribution in [2.75, 3.05) is 26.2 Å². The van der Waals surface area contributed by atoms with Crippen molar-refractivity contribution in [1.82, 2.24) is 15.1 Å². The van der Waals surface area contributed by atoms with Crippen molar-refractivity contribution in [2.45, 2.75) is 38.8 Å². The molecule has 4 rings (SSSR count). The van der Waals surface area contributed by atoms with E-state index in [1.54, 1.807) is 11.0 Å². The molecule has 2 aliphatic heterocycles. The van der Waals surface area contributed by atoms with Crippen molar-refractivity contribution < 1.29 is 9.59 Å². The van der Waals surface area contributed by atoms with E-state index in [-0.39, 0.29) is 11.8 Å². The van der Waals surface area contributed by atoms with Gasteiger partial charge in [-0.1, -0.05) is 36.2 Å². The van der Waals surface area contributed by atoms with Crippen LogP contribution in [0.15, 0.2) is 42.5 Å². The number of hydrogen-bond acceptors (Lipinski definition) is 3. The molecule has 2 aliphatic rings. The highest BCUT2D eigenvalue weighted by Crippen LogP contribution is 2.26. The van der Waals surface area contributed by atoms with Gasteiger partial charge in [-0.15, -0.1) is 0 Å². The molecule has 5 nitrogen and oxygen atoms in total. The van der Waals surface area contributed by atoms with Gasteiger partial charge >= 0.3 is 0 Å². The van der Waals surface area contributed by atoms with Crippen LogP contribution in [-0.2, 0) is 13.1 Å². The van der Waals surface area contributed by atoms with E-state index in [1.807, 2.05) is 36.4 Å². The number of carbonyl (C=O) groups is 2. The number of piperidine rings is 1. The first-order valence-corrected chi connectivity index (χ1v) is 11.2. The number of hydrogen-bond donors (Lipinski definition) is 1.